The molecule has 3 aromatic rings. The highest BCUT2D eigenvalue weighted by atomic mass is 32.1. The van der Waals surface area contributed by atoms with Gasteiger partial charge < -0.3 is 14.8 Å². The molecule has 1 aromatic heterocycles. The van der Waals surface area contributed by atoms with E-state index in [1.54, 1.807) is 26.5 Å². The number of nitrogens with one attached hydrogen (secondary N) is 1. The number of nitrogens with zero attached hydrogens (tertiary/aromatic N) is 2. The molecule has 0 fully saturated rings. The van der Waals surface area contributed by atoms with Crippen LogP contribution < -0.4 is 14.8 Å². The van der Waals surface area contributed by atoms with E-state index in [9.17, 15) is 5.26 Å². The maximum Gasteiger partial charge on any atom is 0.145 e. The molecule has 0 aliphatic heterocycles. The van der Waals surface area contributed by atoms with Crippen molar-refractivity contribution >= 4 is 22.6 Å². The summed E-state index contributed by atoms with van der Waals surface area (Å²) in [5, 5.41) is 15.3. The zero-order chi connectivity index (χ0) is 20.1. The van der Waals surface area contributed by atoms with Crippen LogP contribution in [0, 0.1) is 25.2 Å². The van der Waals surface area contributed by atoms with Crippen molar-refractivity contribution in [3.63, 3.8) is 0 Å². The van der Waals surface area contributed by atoms with Crippen molar-refractivity contribution in [3.8, 4) is 28.8 Å². The average molecular weight is 391 g/mol. The molecule has 0 saturated carbocycles. The molecule has 2 aromatic carbocycles. The van der Waals surface area contributed by atoms with Gasteiger partial charge in [-0.15, -0.1) is 11.3 Å². The minimum absolute atomic E-state index is 0.456. The minimum Gasteiger partial charge on any atom is -0.497 e. The van der Waals surface area contributed by atoms with Crippen LogP contribution in [0.1, 0.15) is 16.1 Å². The molecule has 28 heavy (non-hydrogen) atoms. The van der Waals surface area contributed by atoms with Gasteiger partial charge in [0.2, 0.25) is 0 Å². The SMILES string of the molecule is COc1ccc(N/C=C(\C#N)c2nc(-c3ccc(C)c(C)c3)cs2)c(OC)c1. The monoisotopic (exact) mass is 391 g/mol. The molecule has 0 spiro atoms. The molecule has 0 aliphatic carbocycles. The summed E-state index contributed by atoms with van der Waals surface area (Å²) in [6, 6.07) is 13.9. The molecule has 0 amide bonds. The summed E-state index contributed by atoms with van der Waals surface area (Å²) in [6.07, 6.45) is 1.65. The lowest BCUT2D eigenvalue weighted by Gasteiger charge is -2.10. The van der Waals surface area contributed by atoms with Crippen molar-refractivity contribution in [1.82, 2.24) is 4.98 Å². The van der Waals surface area contributed by atoms with Gasteiger partial charge in [0.1, 0.15) is 28.1 Å². The lowest BCUT2D eigenvalue weighted by Crippen LogP contribution is -1.95. The Labute approximate surface area is 168 Å². The number of aromatic nitrogens is 1. The second-order valence-electron chi connectivity index (χ2n) is 6.22. The molecule has 0 unspecified atom stereocenters. The topological polar surface area (TPSA) is 67.2 Å². The van der Waals surface area contributed by atoms with Crippen LogP contribution in [-0.2, 0) is 0 Å². The standard InChI is InChI=1S/C22H21N3O2S/c1-14-5-6-16(9-15(14)2)20-13-28-22(25-20)17(11-23)12-24-19-8-7-18(26-3)10-21(19)27-4/h5-10,12-13,24H,1-4H3/b17-12+. The van der Waals surface area contributed by atoms with Crippen molar-refractivity contribution in [1.29, 1.82) is 5.26 Å². The van der Waals surface area contributed by atoms with Crippen molar-refractivity contribution in [2.75, 3.05) is 19.5 Å². The molecular weight excluding hydrogens is 370 g/mol. The Bertz CT molecular complexity index is 1060. The van der Waals surface area contributed by atoms with Gasteiger partial charge in [-0.25, -0.2) is 4.98 Å². The van der Waals surface area contributed by atoms with E-state index in [0.29, 0.717) is 22.1 Å². The molecule has 0 saturated heterocycles. The van der Waals surface area contributed by atoms with Crippen LogP contribution in [0.5, 0.6) is 11.5 Å². The van der Waals surface area contributed by atoms with E-state index < -0.39 is 0 Å². The Morgan fingerprint density at radius 1 is 1.11 bits per heavy atom. The van der Waals surface area contributed by atoms with Gasteiger partial charge in [-0.05, 0) is 43.2 Å². The zero-order valence-corrected chi connectivity index (χ0v) is 17.1. The van der Waals surface area contributed by atoms with Gasteiger partial charge in [0.25, 0.3) is 0 Å². The van der Waals surface area contributed by atoms with Crippen LogP contribution in [0.2, 0.25) is 0 Å². The van der Waals surface area contributed by atoms with Crippen LogP contribution >= 0.6 is 11.3 Å². The Hall–Kier alpha value is -3.30. The normalized spacial score (nSPS) is 11.0. The molecule has 0 bridgehead atoms. The summed E-state index contributed by atoms with van der Waals surface area (Å²) in [7, 11) is 3.19. The van der Waals surface area contributed by atoms with E-state index in [1.807, 2.05) is 17.5 Å². The first kappa shape index (κ1) is 19.5. The average Bonchev–Trinajstić information content (AvgIpc) is 3.20. The number of aryl methyl sites for hydroxylation is 2. The number of hydrogen-bond acceptors (Lipinski definition) is 6. The number of rotatable bonds is 6. The molecule has 6 heteroatoms. The van der Waals surface area contributed by atoms with E-state index in [2.05, 4.69) is 48.4 Å². The van der Waals surface area contributed by atoms with Crippen molar-refractivity contribution in [3.05, 3.63) is 64.1 Å². The van der Waals surface area contributed by atoms with E-state index >= 15 is 0 Å². The maximum atomic E-state index is 9.58. The van der Waals surface area contributed by atoms with Crippen LogP contribution in [-0.4, -0.2) is 19.2 Å². The quantitative estimate of drug-likeness (QED) is 0.568. The van der Waals surface area contributed by atoms with Gasteiger partial charge in [0, 0.05) is 23.2 Å². The Morgan fingerprint density at radius 3 is 2.61 bits per heavy atom. The summed E-state index contributed by atoms with van der Waals surface area (Å²) in [6.45, 7) is 4.17. The van der Waals surface area contributed by atoms with Gasteiger partial charge >= 0.3 is 0 Å². The molecule has 0 radical (unpaired) electrons. The first-order valence-corrected chi connectivity index (χ1v) is 9.56. The van der Waals surface area contributed by atoms with Crippen LogP contribution in [0.3, 0.4) is 0 Å². The predicted molar refractivity (Wildman–Crippen MR) is 114 cm³/mol. The van der Waals surface area contributed by atoms with Crippen molar-refractivity contribution in [2.45, 2.75) is 13.8 Å². The van der Waals surface area contributed by atoms with Crippen LogP contribution in [0.4, 0.5) is 5.69 Å². The number of nitriles is 1. The highest BCUT2D eigenvalue weighted by molar-refractivity contribution is 7.11. The highest BCUT2D eigenvalue weighted by Gasteiger charge is 2.10. The Kier molecular flexibility index (Phi) is 5.97. The van der Waals surface area contributed by atoms with Crippen molar-refractivity contribution in [2.24, 2.45) is 0 Å². The molecule has 1 N–H and O–H groups in total. The van der Waals surface area contributed by atoms with E-state index in [0.717, 1.165) is 16.9 Å². The third-order valence-electron chi connectivity index (χ3n) is 4.44. The maximum absolute atomic E-state index is 9.58. The molecule has 3 rings (SSSR count). The highest BCUT2D eigenvalue weighted by Crippen LogP contribution is 2.31. The molecule has 0 aliphatic rings. The van der Waals surface area contributed by atoms with Crippen LogP contribution in [0.25, 0.3) is 16.8 Å². The second-order valence-corrected chi connectivity index (χ2v) is 7.08. The number of ether oxygens (including phenoxy) is 2. The minimum atomic E-state index is 0.456. The van der Waals surface area contributed by atoms with Crippen molar-refractivity contribution < 1.29 is 9.47 Å². The second kappa shape index (κ2) is 8.59. The molecule has 142 valence electrons. The molecule has 0 atom stereocenters. The van der Waals surface area contributed by atoms with Gasteiger partial charge in [-0.1, -0.05) is 12.1 Å². The van der Waals surface area contributed by atoms with Gasteiger partial charge in [-0.3, -0.25) is 0 Å². The number of allylic oxidation sites excluding steroid dienone is 1. The van der Waals surface area contributed by atoms with E-state index in [-0.39, 0.29) is 0 Å². The lowest BCUT2D eigenvalue weighted by atomic mass is 10.1. The Morgan fingerprint density at radius 2 is 1.93 bits per heavy atom. The van der Waals surface area contributed by atoms with Gasteiger partial charge in [0.05, 0.1) is 25.6 Å². The number of anilines is 1. The fourth-order valence-electron chi connectivity index (χ4n) is 2.64. The number of thiazole rings is 1. The summed E-state index contributed by atoms with van der Waals surface area (Å²) >= 11 is 1.45. The third-order valence-corrected chi connectivity index (χ3v) is 5.31. The van der Waals surface area contributed by atoms with E-state index in [1.165, 1.54) is 22.5 Å². The summed E-state index contributed by atoms with van der Waals surface area (Å²) in [4.78, 5) is 4.64. The summed E-state index contributed by atoms with van der Waals surface area (Å²) in [5.41, 5.74) is 5.57. The largest absolute Gasteiger partial charge is 0.497 e. The lowest BCUT2D eigenvalue weighted by molar-refractivity contribution is 0.395. The number of hydrogen-bond donors (Lipinski definition) is 1. The third kappa shape index (κ3) is 4.16. The van der Waals surface area contributed by atoms with Gasteiger partial charge in [0.15, 0.2) is 0 Å². The first-order chi connectivity index (χ1) is 13.5. The smallest absolute Gasteiger partial charge is 0.145 e. The fraction of sp³-hybridized carbons (Fsp3) is 0.182. The van der Waals surface area contributed by atoms with Gasteiger partial charge in [-0.2, -0.15) is 5.26 Å². The number of methoxy groups -OCH3 is 2. The predicted octanol–water partition coefficient (Wildman–Crippen LogP) is 5.42. The molecule has 5 nitrogen and oxygen atoms in total. The number of benzene rings is 2. The summed E-state index contributed by atoms with van der Waals surface area (Å²) in [5.74, 6) is 1.33. The summed E-state index contributed by atoms with van der Waals surface area (Å²) < 4.78 is 10.6. The first-order valence-electron chi connectivity index (χ1n) is 8.68. The zero-order valence-electron chi connectivity index (χ0n) is 16.2. The fourth-order valence-corrected chi connectivity index (χ4v) is 3.43. The van der Waals surface area contributed by atoms with E-state index in [4.69, 9.17) is 9.47 Å². The molecular formula is C22H21N3O2S. The van der Waals surface area contributed by atoms with Crippen LogP contribution in [0.15, 0.2) is 48.0 Å². The molecule has 1 heterocycles. The Balaban J connectivity index is 1.85.